The maximum absolute atomic E-state index is 12.0. The van der Waals surface area contributed by atoms with E-state index >= 15 is 0 Å². The van der Waals surface area contributed by atoms with Crippen molar-refractivity contribution in [3.05, 3.63) is 35.5 Å². The number of hydrogen-bond acceptors (Lipinski definition) is 5. The Bertz CT molecular complexity index is 818. The number of aryl methyl sites for hydroxylation is 1. The predicted octanol–water partition coefficient (Wildman–Crippen LogP) is 1.01. The second kappa shape index (κ2) is 5.47. The largest absolute Gasteiger partial charge is 0.366 e. The molecule has 1 aromatic carbocycles. The lowest BCUT2D eigenvalue weighted by atomic mass is 10.2. The number of carbonyl (C=O) groups is 1. The second-order valence-electron chi connectivity index (χ2n) is 5.25. The van der Waals surface area contributed by atoms with E-state index in [0.29, 0.717) is 17.9 Å². The second-order valence-corrected chi connectivity index (χ2v) is 5.25. The molecule has 0 radical (unpaired) electrons. The lowest BCUT2D eigenvalue weighted by molar-refractivity contribution is 0.0828. The Morgan fingerprint density at radius 3 is 3.00 bits per heavy atom. The van der Waals surface area contributed by atoms with Gasteiger partial charge in [0, 0.05) is 27.7 Å². The van der Waals surface area contributed by atoms with Crippen molar-refractivity contribution in [3.8, 4) is 0 Å². The van der Waals surface area contributed by atoms with Gasteiger partial charge in [0.2, 0.25) is 0 Å². The smallest absolute Gasteiger partial charge is 0.258 e. The van der Waals surface area contributed by atoms with Gasteiger partial charge >= 0.3 is 0 Å². The van der Waals surface area contributed by atoms with Gasteiger partial charge in [0.1, 0.15) is 16.9 Å². The number of fused-ring (bicyclic) bond motifs is 1. The SMILES string of the molecule is CN(C)C(=O)c1cn[nH]c1NCc1ccc2c(c1)nnn2C. The Morgan fingerprint density at radius 1 is 1.41 bits per heavy atom. The minimum atomic E-state index is -0.0966. The highest BCUT2D eigenvalue weighted by molar-refractivity contribution is 5.98. The predicted molar refractivity (Wildman–Crippen MR) is 82.4 cm³/mol. The quantitative estimate of drug-likeness (QED) is 0.750. The van der Waals surface area contributed by atoms with Crippen LogP contribution in [0.3, 0.4) is 0 Å². The highest BCUT2D eigenvalue weighted by atomic mass is 16.2. The molecule has 2 N–H and O–H groups in total. The van der Waals surface area contributed by atoms with Gasteiger partial charge < -0.3 is 10.2 Å². The van der Waals surface area contributed by atoms with Gasteiger partial charge in [-0.2, -0.15) is 5.10 Å². The lowest BCUT2D eigenvalue weighted by Gasteiger charge is -2.11. The number of carbonyl (C=O) groups excluding carboxylic acids is 1. The summed E-state index contributed by atoms with van der Waals surface area (Å²) in [6, 6.07) is 5.95. The van der Waals surface area contributed by atoms with E-state index in [1.54, 1.807) is 18.8 Å². The van der Waals surface area contributed by atoms with Crippen LogP contribution in [0.2, 0.25) is 0 Å². The Kier molecular flexibility index (Phi) is 3.50. The molecule has 8 nitrogen and oxygen atoms in total. The van der Waals surface area contributed by atoms with Crippen LogP contribution < -0.4 is 5.32 Å². The van der Waals surface area contributed by atoms with E-state index < -0.39 is 0 Å². The van der Waals surface area contributed by atoms with Crippen LogP contribution in [0, 0.1) is 0 Å². The van der Waals surface area contributed by atoms with Gasteiger partial charge in [-0.05, 0) is 17.7 Å². The normalized spacial score (nSPS) is 10.9. The number of aromatic nitrogens is 5. The average molecular weight is 299 g/mol. The van der Waals surface area contributed by atoms with Crippen LogP contribution in [-0.4, -0.2) is 50.1 Å². The van der Waals surface area contributed by atoms with Gasteiger partial charge in [-0.15, -0.1) is 5.10 Å². The average Bonchev–Trinajstić information content (AvgIpc) is 3.11. The Morgan fingerprint density at radius 2 is 2.23 bits per heavy atom. The number of amides is 1. The molecule has 8 heteroatoms. The molecule has 0 saturated heterocycles. The van der Waals surface area contributed by atoms with Crippen LogP contribution >= 0.6 is 0 Å². The van der Waals surface area contributed by atoms with Crippen LogP contribution in [-0.2, 0) is 13.6 Å². The zero-order valence-electron chi connectivity index (χ0n) is 12.7. The number of nitrogens with zero attached hydrogens (tertiary/aromatic N) is 5. The summed E-state index contributed by atoms with van der Waals surface area (Å²) in [6.07, 6.45) is 1.52. The zero-order valence-corrected chi connectivity index (χ0v) is 12.7. The van der Waals surface area contributed by atoms with E-state index in [4.69, 9.17) is 0 Å². The lowest BCUT2D eigenvalue weighted by Crippen LogP contribution is -2.22. The van der Waals surface area contributed by atoms with Gasteiger partial charge in [0.15, 0.2) is 0 Å². The summed E-state index contributed by atoms with van der Waals surface area (Å²) in [5, 5.41) is 18.0. The summed E-state index contributed by atoms with van der Waals surface area (Å²) < 4.78 is 1.73. The number of nitrogens with one attached hydrogen (secondary N) is 2. The van der Waals surface area contributed by atoms with Crippen LogP contribution in [0.15, 0.2) is 24.4 Å². The van der Waals surface area contributed by atoms with Gasteiger partial charge in [0.25, 0.3) is 5.91 Å². The van der Waals surface area contributed by atoms with E-state index in [-0.39, 0.29) is 5.91 Å². The van der Waals surface area contributed by atoms with E-state index in [2.05, 4.69) is 25.8 Å². The molecule has 1 amide bonds. The molecule has 3 aromatic rings. The molecule has 0 aliphatic carbocycles. The summed E-state index contributed by atoms with van der Waals surface area (Å²) >= 11 is 0. The molecule has 0 spiro atoms. The number of H-pyrrole nitrogens is 1. The number of aromatic amines is 1. The van der Waals surface area contributed by atoms with Crippen LogP contribution in [0.4, 0.5) is 5.82 Å². The summed E-state index contributed by atoms with van der Waals surface area (Å²) in [6.45, 7) is 0.558. The minimum absolute atomic E-state index is 0.0966. The minimum Gasteiger partial charge on any atom is -0.366 e. The maximum atomic E-state index is 12.0. The summed E-state index contributed by atoms with van der Waals surface area (Å²) in [5.41, 5.74) is 3.39. The highest BCUT2D eigenvalue weighted by Gasteiger charge is 2.15. The fraction of sp³-hybridized carbons (Fsp3) is 0.286. The Hall–Kier alpha value is -2.90. The van der Waals surface area contributed by atoms with E-state index in [9.17, 15) is 4.79 Å². The monoisotopic (exact) mass is 299 g/mol. The molecular weight excluding hydrogens is 282 g/mol. The number of rotatable bonds is 4. The molecule has 22 heavy (non-hydrogen) atoms. The molecule has 0 bridgehead atoms. The molecule has 0 atom stereocenters. The highest BCUT2D eigenvalue weighted by Crippen LogP contribution is 2.16. The van der Waals surface area contributed by atoms with Crippen molar-refractivity contribution in [2.45, 2.75) is 6.54 Å². The van der Waals surface area contributed by atoms with Crippen molar-refractivity contribution in [2.24, 2.45) is 7.05 Å². The Balaban J connectivity index is 1.77. The van der Waals surface area contributed by atoms with Crippen LogP contribution in [0.25, 0.3) is 11.0 Å². The number of anilines is 1. The first-order valence-electron chi connectivity index (χ1n) is 6.83. The van der Waals surface area contributed by atoms with Crippen LogP contribution in [0.1, 0.15) is 15.9 Å². The maximum Gasteiger partial charge on any atom is 0.258 e. The topological polar surface area (TPSA) is 91.7 Å². The van der Waals surface area contributed by atoms with Crippen LogP contribution in [0.5, 0.6) is 0 Å². The van der Waals surface area contributed by atoms with E-state index in [1.807, 2.05) is 25.2 Å². The zero-order chi connectivity index (χ0) is 15.7. The van der Waals surface area contributed by atoms with Gasteiger partial charge in [-0.1, -0.05) is 11.3 Å². The standard InChI is InChI=1S/C14H17N7O/c1-20(2)14(22)10-8-16-18-13(10)15-7-9-4-5-12-11(6-9)17-19-21(12)3/h4-6,8H,7H2,1-3H3,(H2,15,16,18). The molecule has 2 aromatic heterocycles. The molecule has 2 heterocycles. The van der Waals surface area contributed by atoms with Crippen molar-refractivity contribution in [2.75, 3.05) is 19.4 Å². The fourth-order valence-electron chi connectivity index (χ4n) is 2.21. The molecule has 0 unspecified atom stereocenters. The first-order chi connectivity index (χ1) is 10.6. The third-order valence-electron chi connectivity index (χ3n) is 3.42. The first kappa shape index (κ1) is 14.1. The summed E-state index contributed by atoms with van der Waals surface area (Å²) in [4.78, 5) is 13.5. The van der Waals surface area contributed by atoms with Gasteiger partial charge in [0.05, 0.1) is 11.7 Å². The molecule has 3 rings (SSSR count). The molecule has 0 saturated carbocycles. The number of hydrogen-bond donors (Lipinski definition) is 2. The molecular formula is C14H17N7O. The first-order valence-corrected chi connectivity index (χ1v) is 6.83. The Labute approximate surface area is 127 Å². The van der Waals surface area contributed by atoms with Crippen molar-refractivity contribution in [3.63, 3.8) is 0 Å². The van der Waals surface area contributed by atoms with E-state index in [0.717, 1.165) is 16.6 Å². The molecule has 114 valence electrons. The van der Waals surface area contributed by atoms with Crippen molar-refractivity contribution in [1.82, 2.24) is 30.1 Å². The number of benzene rings is 1. The van der Waals surface area contributed by atoms with Gasteiger partial charge in [-0.25, -0.2) is 4.68 Å². The molecule has 0 aliphatic rings. The van der Waals surface area contributed by atoms with E-state index in [1.165, 1.54) is 11.1 Å². The third-order valence-corrected chi connectivity index (χ3v) is 3.42. The van der Waals surface area contributed by atoms with Crippen molar-refractivity contribution in [1.29, 1.82) is 0 Å². The third kappa shape index (κ3) is 2.50. The molecule has 0 fully saturated rings. The summed E-state index contributed by atoms with van der Waals surface area (Å²) in [7, 11) is 5.28. The van der Waals surface area contributed by atoms with Crippen molar-refractivity contribution < 1.29 is 4.79 Å². The summed E-state index contributed by atoms with van der Waals surface area (Å²) in [5.74, 6) is 0.513. The van der Waals surface area contributed by atoms with Crippen molar-refractivity contribution >= 4 is 22.8 Å². The fourth-order valence-corrected chi connectivity index (χ4v) is 2.21. The molecule has 0 aliphatic heterocycles. The van der Waals surface area contributed by atoms with Gasteiger partial charge in [-0.3, -0.25) is 9.89 Å².